The summed E-state index contributed by atoms with van der Waals surface area (Å²) in [5.74, 6) is 1.77. The summed E-state index contributed by atoms with van der Waals surface area (Å²) in [5, 5.41) is 3.24. The van der Waals surface area contributed by atoms with E-state index in [4.69, 9.17) is 4.42 Å². The molecule has 2 rings (SSSR count). The smallest absolute Gasteiger partial charge is 0.126 e. The number of pyridine rings is 1. The van der Waals surface area contributed by atoms with Crippen molar-refractivity contribution >= 4 is 5.82 Å². The minimum absolute atomic E-state index is 0.139. The second-order valence-electron chi connectivity index (χ2n) is 3.10. The van der Waals surface area contributed by atoms with Crippen molar-refractivity contribution in [3.05, 3.63) is 48.6 Å². The molecule has 0 amide bonds. The Morgan fingerprint density at radius 1 is 1.29 bits per heavy atom. The summed E-state index contributed by atoms with van der Waals surface area (Å²) in [6.45, 7) is 2.04. The Bertz CT molecular complexity index is 369. The summed E-state index contributed by atoms with van der Waals surface area (Å²) in [4.78, 5) is 4.18. The minimum Gasteiger partial charge on any atom is -0.467 e. The number of rotatable bonds is 3. The number of aromatic nitrogens is 1. The van der Waals surface area contributed by atoms with Gasteiger partial charge in [0.1, 0.15) is 11.6 Å². The van der Waals surface area contributed by atoms with Gasteiger partial charge in [-0.25, -0.2) is 4.98 Å². The van der Waals surface area contributed by atoms with Gasteiger partial charge in [-0.3, -0.25) is 0 Å². The van der Waals surface area contributed by atoms with Gasteiger partial charge in [-0.05, 0) is 31.2 Å². The number of nitrogens with one attached hydrogen (secondary N) is 1. The van der Waals surface area contributed by atoms with Crippen LogP contribution in [0, 0.1) is 0 Å². The van der Waals surface area contributed by atoms with Crippen molar-refractivity contribution < 1.29 is 4.42 Å². The molecular weight excluding hydrogens is 176 g/mol. The van der Waals surface area contributed by atoms with Gasteiger partial charge in [-0.1, -0.05) is 6.07 Å². The quantitative estimate of drug-likeness (QED) is 0.804. The molecule has 0 aromatic carbocycles. The van der Waals surface area contributed by atoms with Crippen LogP contribution >= 0.6 is 0 Å². The van der Waals surface area contributed by atoms with Gasteiger partial charge in [0, 0.05) is 6.20 Å². The Kier molecular flexibility index (Phi) is 2.49. The van der Waals surface area contributed by atoms with E-state index in [-0.39, 0.29) is 6.04 Å². The molecule has 2 aromatic rings. The van der Waals surface area contributed by atoms with Crippen molar-refractivity contribution in [3.63, 3.8) is 0 Å². The van der Waals surface area contributed by atoms with Gasteiger partial charge in [0.05, 0.1) is 12.3 Å². The van der Waals surface area contributed by atoms with E-state index in [2.05, 4.69) is 10.3 Å². The summed E-state index contributed by atoms with van der Waals surface area (Å²) in [7, 11) is 0. The standard InChI is InChI=1S/C11H12N2O/c1-9(10-5-4-8-14-10)13-11-6-2-3-7-12-11/h2-9H,1H3,(H,12,13). The third kappa shape index (κ3) is 1.93. The molecule has 1 unspecified atom stereocenters. The second-order valence-corrected chi connectivity index (χ2v) is 3.10. The summed E-state index contributed by atoms with van der Waals surface area (Å²) >= 11 is 0. The van der Waals surface area contributed by atoms with Crippen molar-refractivity contribution in [3.8, 4) is 0 Å². The Morgan fingerprint density at radius 3 is 2.86 bits per heavy atom. The third-order valence-corrected chi connectivity index (χ3v) is 2.00. The van der Waals surface area contributed by atoms with Crippen LogP contribution in [0.2, 0.25) is 0 Å². The van der Waals surface area contributed by atoms with Crippen LogP contribution in [-0.4, -0.2) is 4.98 Å². The van der Waals surface area contributed by atoms with Crippen LogP contribution in [0.3, 0.4) is 0 Å². The summed E-state index contributed by atoms with van der Waals surface area (Å²) in [5.41, 5.74) is 0. The van der Waals surface area contributed by atoms with E-state index >= 15 is 0 Å². The number of anilines is 1. The Morgan fingerprint density at radius 2 is 2.21 bits per heavy atom. The zero-order valence-electron chi connectivity index (χ0n) is 7.97. The van der Waals surface area contributed by atoms with Crippen molar-refractivity contribution in [2.24, 2.45) is 0 Å². The maximum Gasteiger partial charge on any atom is 0.126 e. The first-order valence-corrected chi connectivity index (χ1v) is 4.57. The first-order valence-electron chi connectivity index (χ1n) is 4.57. The normalized spacial score (nSPS) is 12.4. The molecule has 0 fully saturated rings. The maximum atomic E-state index is 5.28. The number of nitrogens with zero attached hydrogens (tertiary/aromatic N) is 1. The van der Waals surface area contributed by atoms with Crippen LogP contribution in [-0.2, 0) is 0 Å². The van der Waals surface area contributed by atoms with Gasteiger partial charge in [0.25, 0.3) is 0 Å². The van der Waals surface area contributed by atoms with Gasteiger partial charge < -0.3 is 9.73 Å². The molecule has 72 valence electrons. The van der Waals surface area contributed by atoms with Crippen LogP contribution in [0.1, 0.15) is 18.7 Å². The molecule has 2 aromatic heterocycles. The number of furan rings is 1. The van der Waals surface area contributed by atoms with Crippen molar-refractivity contribution in [1.82, 2.24) is 4.98 Å². The SMILES string of the molecule is CC(Nc1ccccn1)c1ccco1. The van der Waals surface area contributed by atoms with Crippen LogP contribution in [0.15, 0.2) is 47.2 Å². The molecule has 3 heteroatoms. The van der Waals surface area contributed by atoms with E-state index in [1.807, 2.05) is 37.3 Å². The zero-order valence-corrected chi connectivity index (χ0v) is 7.97. The lowest BCUT2D eigenvalue weighted by molar-refractivity contribution is 0.490. The van der Waals surface area contributed by atoms with Gasteiger partial charge in [-0.15, -0.1) is 0 Å². The molecule has 2 heterocycles. The van der Waals surface area contributed by atoms with Gasteiger partial charge in [0.15, 0.2) is 0 Å². The van der Waals surface area contributed by atoms with Crippen LogP contribution in [0.25, 0.3) is 0 Å². The topological polar surface area (TPSA) is 38.1 Å². The maximum absolute atomic E-state index is 5.28. The average molecular weight is 188 g/mol. The molecule has 0 aliphatic heterocycles. The largest absolute Gasteiger partial charge is 0.467 e. The Balaban J connectivity index is 2.06. The molecule has 0 saturated heterocycles. The number of hydrogen-bond donors (Lipinski definition) is 1. The predicted molar refractivity (Wildman–Crippen MR) is 55.0 cm³/mol. The summed E-state index contributed by atoms with van der Waals surface area (Å²) < 4.78 is 5.28. The van der Waals surface area contributed by atoms with Gasteiger partial charge >= 0.3 is 0 Å². The lowest BCUT2D eigenvalue weighted by Gasteiger charge is -2.11. The fraction of sp³-hybridized carbons (Fsp3) is 0.182. The molecule has 0 aliphatic carbocycles. The van der Waals surface area contributed by atoms with E-state index in [0.29, 0.717) is 0 Å². The Labute approximate surface area is 82.8 Å². The molecule has 3 nitrogen and oxygen atoms in total. The van der Waals surface area contributed by atoms with Crippen LogP contribution < -0.4 is 5.32 Å². The fourth-order valence-electron chi connectivity index (χ4n) is 1.28. The van der Waals surface area contributed by atoms with E-state index in [0.717, 1.165) is 11.6 Å². The van der Waals surface area contributed by atoms with Crippen LogP contribution in [0.4, 0.5) is 5.82 Å². The number of hydrogen-bond acceptors (Lipinski definition) is 3. The highest BCUT2D eigenvalue weighted by Crippen LogP contribution is 2.17. The molecule has 1 atom stereocenters. The van der Waals surface area contributed by atoms with E-state index in [1.165, 1.54) is 0 Å². The van der Waals surface area contributed by atoms with Crippen molar-refractivity contribution in [1.29, 1.82) is 0 Å². The van der Waals surface area contributed by atoms with E-state index in [1.54, 1.807) is 12.5 Å². The van der Waals surface area contributed by atoms with Gasteiger partial charge in [-0.2, -0.15) is 0 Å². The molecule has 0 aliphatic rings. The molecule has 0 spiro atoms. The molecule has 1 N–H and O–H groups in total. The molecule has 0 bridgehead atoms. The zero-order chi connectivity index (χ0) is 9.80. The highest BCUT2D eigenvalue weighted by molar-refractivity contribution is 5.35. The first kappa shape index (κ1) is 8.81. The second kappa shape index (κ2) is 3.96. The van der Waals surface area contributed by atoms with Crippen molar-refractivity contribution in [2.45, 2.75) is 13.0 Å². The van der Waals surface area contributed by atoms with E-state index < -0.39 is 0 Å². The van der Waals surface area contributed by atoms with Crippen molar-refractivity contribution in [2.75, 3.05) is 5.32 Å². The highest BCUT2D eigenvalue weighted by atomic mass is 16.3. The van der Waals surface area contributed by atoms with Crippen LogP contribution in [0.5, 0.6) is 0 Å². The molecule has 0 radical (unpaired) electrons. The Hall–Kier alpha value is -1.77. The van der Waals surface area contributed by atoms with E-state index in [9.17, 15) is 0 Å². The average Bonchev–Trinajstić information content (AvgIpc) is 2.72. The first-order chi connectivity index (χ1) is 6.86. The lowest BCUT2D eigenvalue weighted by Crippen LogP contribution is -2.06. The molecular formula is C11H12N2O. The predicted octanol–water partition coefficient (Wildman–Crippen LogP) is 2.85. The highest BCUT2D eigenvalue weighted by Gasteiger charge is 2.07. The third-order valence-electron chi connectivity index (χ3n) is 2.00. The minimum atomic E-state index is 0.139. The monoisotopic (exact) mass is 188 g/mol. The molecule has 14 heavy (non-hydrogen) atoms. The lowest BCUT2D eigenvalue weighted by atomic mass is 10.2. The van der Waals surface area contributed by atoms with Gasteiger partial charge in [0.2, 0.25) is 0 Å². The summed E-state index contributed by atoms with van der Waals surface area (Å²) in [6, 6.07) is 9.73. The summed E-state index contributed by atoms with van der Waals surface area (Å²) in [6.07, 6.45) is 3.43. The molecule has 0 saturated carbocycles. The fourth-order valence-corrected chi connectivity index (χ4v) is 1.28.